The lowest BCUT2D eigenvalue weighted by molar-refractivity contribution is -0.138. The molecule has 35 heavy (non-hydrogen) atoms. The molecule has 0 bridgehead atoms. The number of aliphatic carboxylic acids is 1. The number of carboxylic acids is 1. The Bertz CT molecular complexity index is 1120. The molecule has 2 aromatic carbocycles. The molecule has 1 aliphatic carbocycles. The maximum absolute atomic E-state index is 13.7. The van der Waals surface area contributed by atoms with E-state index in [1.807, 2.05) is 12.1 Å². The summed E-state index contributed by atoms with van der Waals surface area (Å²) in [7, 11) is 0. The van der Waals surface area contributed by atoms with E-state index in [2.05, 4.69) is 10.6 Å². The number of carbonyl (C=O) groups is 3. The van der Waals surface area contributed by atoms with Crippen LogP contribution >= 0.6 is 0 Å². The van der Waals surface area contributed by atoms with E-state index >= 15 is 0 Å². The standard InChI is InChI=1S/C25H27F2N3O5/c26-18-4-8-22(21(27)13-18)29-24(33)28-19-5-3-17-14-30(10-9-16(17)12-19)25(34)35-20-6-1-15(2-7-20)11-23(31)32/h3-5,8,12-13,15,20H,1-2,6-7,9-11,14H2,(H,31,32)(H2,28,29,33). The van der Waals surface area contributed by atoms with Crippen molar-refractivity contribution in [3.63, 3.8) is 0 Å². The number of hydrogen-bond donors (Lipinski definition) is 3. The third-order valence-electron chi connectivity index (χ3n) is 6.44. The minimum atomic E-state index is -0.870. The van der Waals surface area contributed by atoms with E-state index in [1.165, 1.54) is 0 Å². The number of benzene rings is 2. The molecule has 1 aliphatic heterocycles. The molecule has 4 rings (SSSR count). The highest BCUT2D eigenvalue weighted by atomic mass is 19.1. The van der Waals surface area contributed by atoms with Gasteiger partial charge in [0.25, 0.3) is 0 Å². The molecule has 0 saturated heterocycles. The number of ether oxygens (including phenoxy) is 1. The van der Waals surface area contributed by atoms with Crippen molar-refractivity contribution in [1.82, 2.24) is 4.90 Å². The number of anilines is 2. The first-order valence-corrected chi connectivity index (χ1v) is 11.6. The number of carbonyl (C=O) groups excluding carboxylic acids is 2. The Labute approximate surface area is 201 Å². The molecular weight excluding hydrogens is 460 g/mol. The lowest BCUT2D eigenvalue weighted by Crippen LogP contribution is -2.39. The van der Waals surface area contributed by atoms with Gasteiger partial charge in [-0.1, -0.05) is 6.07 Å². The van der Waals surface area contributed by atoms with Gasteiger partial charge in [-0.3, -0.25) is 4.79 Å². The van der Waals surface area contributed by atoms with E-state index in [1.54, 1.807) is 11.0 Å². The van der Waals surface area contributed by atoms with Gasteiger partial charge < -0.3 is 25.4 Å². The Kier molecular flexibility index (Phi) is 7.48. The second-order valence-corrected chi connectivity index (χ2v) is 8.98. The average molecular weight is 488 g/mol. The molecule has 1 saturated carbocycles. The van der Waals surface area contributed by atoms with Gasteiger partial charge in [0.05, 0.1) is 5.69 Å². The summed E-state index contributed by atoms with van der Waals surface area (Å²) in [5.74, 6) is -2.25. The number of rotatable bonds is 5. The zero-order valence-electron chi connectivity index (χ0n) is 19.1. The number of halogens is 2. The number of amides is 3. The summed E-state index contributed by atoms with van der Waals surface area (Å²) in [4.78, 5) is 37.4. The fourth-order valence-electron chi connectivity index (χ4n) is 4.58. The summed E-state index contributed by atoms with van der Waals surface area (Å²) < 4.78 is 32.4. The molecular formula is C25H27F2N3O5. The molecule has 0 unspecified atom stereocenters. The van der Waals surface area contributed by atoms with Crippen LogP contribution in [-0.2, 0) is 22.5 Å². The van der Waals surface area contributed by atoms with Gasteiger partial charge in [0, 0.05) is 31.3 Å². The van der Waals surface area contributed by atoms with E-state index in [0.717, 1.165) is 36.1 Å². The van der Waals surface area contributed by atoms with Gasteiger partial charge in [0.1, 0.15) is 17.7 Å². The maximum atomic E-state index is 13.7. The van der Waals surface area contributed by atoms with Crippen LogP contribution in [0.15, 0.2) is 36.4 Å². The van der Waals surface area contributed by atoms with Crippen LogP contribution in [-0.4, -0.2) is 40.7 Å². The molecule has 0 spiro atoms. The van der Waals surface area contributed by atoms with E-state index in [-0.39, 0.29) is 30.2 Å². The number of hydrogen-bond acceptors (Lipinski definition) is 4. The number of fused-ring (bicyclic) bond motifs is 1. The minimum absolute atomic E-state index is 0.133. The van der Waals surface area contributed by atoms with Crippen LogP contribution in [0.4, 0.5) is 29.7 Å². The maximum Gasteiger partial charge on any atom is 0.410 e. The normalized spacial score (nSPS) is 19.4. The predicted molar refractivity (Wildman–Crippen MR) is 124 cm³/mol. The lowest BCUT2D eigenvalue weighted by atomic mass is 9.85. The zero-order valence-corrected chi connectivity index (χ0v) is 19.1. The summed E-state index contributed by atoms with van der Waals surface area (Å²) in [5, 5.41) is 13.9. The van der Waals surface area contributed by atoms with Crippen molar-refractivity contribution < 1.29 is 33.0 Å². The van der Waals surface area contributed by atoms with Crippen molar-refractivity contribution in [3.8, 4) is 0 Å². The second-order valence-electron chi connectivity index (χ2n) is 8.98. The van der Waals surface area contributed by atoms with Gasteiger partial charge in [0.15, 0.2) is 0 Å². The highest BCUT2D eigenvalue weighted by Gasteiger charge is 2.28. The Morgan fingerprint density at radius 3 is 2.49 bits per heavy atom. The monoisotopic (exact) mass is 487 g/mol. The van der Waals surface area contributed by atoms with Crippen molar-refractivity contribution in [3.05, 3.63) is 59.2 Å². The number of nitrogens with one attached hydrogen (secondary N) is 2. The molecule has 2 aliphatic rings. The summed E-state index contributed by atoms with van der Waals surface area (Å²) in [6, 6.07) is 7.55. The summed E-state index contributed by atoms with van der Waals surface area (Å²) in [5.41, 5.74) is 2.30. The van der Waals surface area contributed by atoms with Crippen molar-refractivity contribution in [1.29, 1.82) is 0 Å². The van der Waals surface area contributed by atoms with Gasteiger partial charge in [0.2, 0.25) is 0 Å². The number of urea groups is 1. The van der Waals surface area contributed by atoms with Crippen LogP contribution in [0.2, 0.25) is 0 Å². The van der Waals surface area contributed by atoms with Crippen molar-refractivity contribution >= 4 is 29.5 Å². The van der Waals surface area contributed by atoms with E-state index < -0.39 is 23.6 Å². The zero-order chi connectivity index (χ0) is 24.9. The van der Waals surface area contributed by atoms with Gasteiger partial charge in [-0.05, 0) is 73.4 Å². The largest absolute Gasteiger partial charge is 0.481 e. The molecule has 0 radical (unpaired) electrons. The van der Waals surface area contributed by atoms with Crippen LogP contribution in [0, 0.1) is 17.6 Å². The van der Waals surface area contributed by atoms with Crippen LogP contribution in [0.1, 0.15) is 43.2 Å². The molecule has 2 aromatic rings. The van der Waals surface area contributed by atoms with Crippen LogP contribution in [0.3, 0.4) is 0 Å². The molecule has 3 amide bonds. The number of nitrogens with zero attached hydrogens (tertiary/aromatic N) is 1. The molecule has 1 heterocycles. The van der Waals surface area contributed by atoms with Gasteiger partial charge in [-0.25, -0.2) is 18.4 Å². The third kappa shape index (κ3) is 6.46. The molecule has 1 fully saturated rings. The smallest absolute Gasteiger partial charge is 0.410 e. The first-order valence-electron chi connectivity index (χ1n) is 11.6. The quantitative estimate of drug-likeness (QED) is 0.542. The fraction of sp³-hybridized carbons (Fsp3) is 0.400. The first-order chi connectivity index (χ1) is 16.8. The lowest BCUT2D eigenvalue weighted by Gasteiger charge is -2.32. The Balaban J connectivity index is 1.28. The SMILES string of the molecule is O=C(O)CC1CCC(OC(=O)N2CCc3cc(NC(=O)Nc4ccc(F)cc4F)ccc3C2)CC1. The Morgan fingerprint density at radius 1 is 1.00 bits per heavy atom. The Morgan fingerprint density at radius 2 is 1.77 bits per heavy atom. The summed E-state index contributed by atoms with van der Waals surface area (Å²) in [6.07, 6.45) is 3.00. The molecule has 0 aromatic heterocycles. The third-order valence-corrected chi connectivity index (χ3v) is 6.44. The topological polar surface area (TPSA) is 108 Å². The predicted octanol–water partition coefficient (Wildman–Crippen LogP) is 5.14. The van der Waals surface area contributed by atoms with Gasteiger partial charge in [-0.2, -0.15) is 0 Å². The van der Waals surface area contributed by atoms with Crippen molar-refractivity contribution in [2.24, 2.45) is 5.92 Å². The average Bonchev–Trinajstić information content (AvgIpc) is 2.81. The first kappa shape index (κ1) is 24.4. The van der Waals surface area contributed by atoms with E-state index in [9.17, 15) is 23.2 Å². The minimum Gasteiger partial charge on any atom is -0.481 e. The van der Waals surface area contributed by atoms with Crippen LogP contribution < -0.4 is 10.6 Å². The number of carboxylic acid groups (broad SMARTS) is 1. The van der Waals surface area contributed by atoms with E-state index in [0.29, 0.717) is 44.1 Å². The molecule has 186 valence electrons. The highest BCUT2D eigenvalue weighted by molar-refractivity contribution is 5.99. The summed E-state index contributed by atoms with van der Waals surface area (Å²) >= 11 is 0. The van der Waals surface area contributed by atoms with Gasteiger partial charge in [-0.15, -0.1) is 0 Å². The van der Waals surface area contributed by atoms with Crippen LogP contribution in [0.25, 0.3) is 0 Å². The second kappa shape index (κ2) is 10.7. The Hall–Kier alpha value is -3.69. The molecule has 0 atom stereocenters. The van der Waals surface area contributed by atoms with Crippen molar-refractivity contribution in [2.45, 2.75) is 51.2 Å². The van der Waals surface area contributed by atoms with Crippen LogP contribution in [0.5, 0.6) is 0 Å². The van der Waals surface area contributed by atoms with Gasteiger partial charge >= 0.3 is 18.1 Å². The van der Waals surface area contributed by atoms with E-state index in [4.69, 9.17) is 9.84 Å². The molecule has 3 N–H and O–H groups in total. The highest BCUT2D eigenvalue weighted by Crippen LogP contribution is 2.30. The fourth-order valence-corrected chi connectivity index (χ4v) is 4.58. The molecule has 8 nitrogen and oxygen atoms in total. The molecule has 10 heteroatoms. The van der Waals surface area contributed by atoms with Crippen molar-refractivity contribution in [2.75, 3.05) is 17.2 Å². The summed E-state index contributed by atoms with van der Waals surface area (Å²) in [6.45, 7) is 0.854.